The Morgan fingerprint density at radius 2 is 1.84 bits per heavy atom. The van der Waals surface area contributed by atoms with Crippen LogP contribution in [0.1, 0.15) is 20.7 Å². The van der Waals surface area contributed by atoms with Crippen LogP contribution < -0.4 is 11.1 Å². The molecule has 0 fully saturated rings. The van der Waals surface area contributed by atoms with Crippen LogP contribution in [0.2, 0.25) is 0 Å². The average molecular weight is 257 g/mol. The number of rotatable bonds is 4. The molecule has 1 aromatic carbocycles. The van der Waals surface area contributed by atoms with Gasteiger partial charge in [0.15, 0.2) is 0 Å². The topological polar surface area (TPSA) is 105 Å². The Balaban J connectivity index is 2.26. The molecule has 0 aliphatic carbocycles. The highest BCUT2D eigenvalue weighted by atomic mass is 16.4. The number of carbonyl (C=O) groups excluding carboxylic acids is 1. The van der Waals surface area contributed by atoms with Gasteiger partial charge in [-0.2, -0.15) is 0 Å². The quantitative estimate of drug-likeness (QED) is 0.771. The molecule has 0 radical (unpaired) electrons. The Labute approximate surface area is 108 Å². The fourth-order valence-electron chi connectivity index (χ4n) is 1.55. The van der Waals surface area contributed by atoms with Crippen molar-refractivity contribution in [3.8, 4) is 0 Å². The largest absolute Gasteiger partial charge is 0.478 e. The number of carboxylic acid groups (broad SMARTS) is 1. The summed E-state index contributed by atoms with van der Waals surface area (Å²) >= 11 is 0. The summed E-state index contributed by atoms with van der Waals surface area (Å²) in [5.41, 5.74) is 6.67. The molecule has 19 heavy (non-hydrogen) atoms. The molecular weight excluding hydrogens is 246 g/mol. The molecule has 96 valence electrons. The van der Waals surface area contributed by atoms with Gasteiger partial charge in [0.25, 0.3) is 0 Å². The van der Waals surface area contributed by atoms with Gasteiger partial charge in [-0.15, -0.1) is 0 Å². The Morgan fingerprint density at radius 3 is 2.42 bits per heavy atom. The fourth-order valence-corrected chi connectivity index (χ4v) is 1.55. The summed E-state index contributed by atoms with van der Waals surface area (Å²) in [6.45, 7) is 0. The maximum atomic E-state index is 11.0. The van der Waals surface area contributed by atoms with E-state index in [-0.39, 0.29) is 5.56 Å². The normalized spacial score (nSPS) is 9.89. The van der Waals surface area contributed by atoms with Gasteiger partial charge in [0.1, 0.15) is 5.56 Å². The van der Waals surface area contributed by atoms with Crippen LogP contribution in [0, 0.1) is 0 Å². The first-order valence-electron chi connectivity index (χ1n) is 5.42. The molecule has 0 saturated heterocycles. The molecule has 0 bridgehead atoms. The summed E-state index contributed by atoms with van der Waals surface area (Å²) in [5.74, 6) is -1.58. The number of carboxylic acids is 1. The molecule has 0 aliphatic heterocycles. The molecule has 6 heteroatoms. The second-order valence-electron chi connectivity index (χ2n) is 3.79. The van der Waals surface area contributed by atoms with E-state index in [1.807, 2.05) is 0 Å². The zero-order valence-corrected chi connectivity index (χ0v) is 9.83. The summed E-state index contributed by atoms with van der Waals surface area (Å²) < 4.78 is 0. The number of carbonyl (C=O) groups is 2. The number of aromatic nitrogens is 1. The van der Waals surface area contributed by atoms with Gasteiger partial charge in [-0.3, -0.25) is 9.78 Å². The molecule has 1 heterocycles. The third-order valence-corrected chi connectivity index (χ3v) is 2.50. The summed E-state index contributed by atoms with van der Waals surface area (Å²) in [6, 6.07) is 7.97. The van der Waals surface area contributed by atoms with Gasteiger partial charge in [0, 0.05) is 23.6 Å². The van der Waals surface area contributed by atoms with E-state index in [1.165, 1.54) is 12.4 Å². The van der Waals surface area contributed by atoms with Crippen LogP contribution in [0.15, 0.2) is 42.7 Å². The number of nitrogens with one attached hydrogen (secondary N) is 1. The zero-order chi connectivity index (χ0) is 13.8. The molecule has 6 nitrogen and oxygen atoms in total. The number of hydrogen-bond donors (Lipinski definition) is 3. The van der Waals surface area contributed by atoms with Crippen LogP contribution >= 0.6 is 0 Å². The standard InChI is InChI=1S/C13H11N3O3/c14-12(17)8-1-3-9(4-2-8)16-11-5-6-15-7-10(11)13(18)19/h1-7H,(H2,14,17)(H,15,16)(H,18,19). The highest BCUT2D eigenvalue weighted by Crippen LogP contribution is 2.20. The Bertz CT molecular complexity index is 623. The predicted octanol–water partition coefficient (Wildman–Crippen LogP) is 1.62. The molecule has 0 unspecified atom stereocenters. The Hall–Kier alpha value is -2.89. The van der Waals surface area contributed by atoms with Crippen molar-refractivity contribution < 1.29 is 14.7 Å². The lowest BCUT2D eigenvalue weighted by molar-refractivity contribution is 0.0697. The van der Waals surface area contributed by atoms with Crippen LogP contribution in [-0.4, -0.2) is 22.0 Å². The smallest absolute Gasteiger partial charge is 0.339 e. The number of hydrogen-bond acceptors (Lipinski definition) is 4. The van der Waals surface area contributed by atoms with Gasteiger partial charge >= 0.3 is 5.97 Å². The molecule has 1 aromatic heterocycles. The van der Waals surface area contributed by atoms with Crippen molar-refractivity contribution in [2.24, 2.45) is 5.73 Å². The number of pyridine rings is 1. The fraction of sp³-hybridized carbons (Fsp3) is 0. The summed E-state index contributed by atoms with van der Waals surface area (Å²) in [7, 11) is 0. The monoisotopic (exact) mass is 257 g/mol. The second kappa shape index (κ2) is 5.18. The number of aromatic carboxylic acids is 1. The van der Waals surface area contributed by atoms with E-state index < -0.39 is 11.9 Å². The molecule has 4 N–H and O–H groups in total. The van der Waals surface area contributed by atoms with E-state index in [1.54, 1.807) is 30.3 Å². The van der Waals surface area contributed by atoms with Gasteiger partial charge in [-0.1, -0.05) is 0 Å². The van der Waals surface area contributed by atoms with Crippen LogP contribution in [0.3, 0.4) is 0 Å². The van der Waals surface area contributed by atoms with Crippen LogP contribution in [0.5, 0.6) is 0 Å². The first kappa shape index (κ1) is 12.6. The average Bonchev–Trinajstić information content (AvgIpc) is 2.39. The lowest BCUT2D eigenvalue weighted by Gasteiger charge is -2.09. The number of anilines is 2. The van der Waals surface area contributed by atoms with Gasteiger partial charge in [0.05, 0.1) is 5.69 Å². The third-order valence-electron chi connectivity index (χ3n) is 2.50. The predicted molar refractivity (Wildman–Crippen MR) is 69.4 cm³/mol. The minimum Gasteiger partial charge on any atom is -0.478 e. The van der Waals surface area contributed by atoms with Crippen LogP contribution in [0.4, 0.5) is 11.4 Å². The van der Waals surface area contributed by atoms with Gasteiger partial charge in [0.2, 0.25) is 5.91 Å². The molecule has 2 rings (SSSR count). The molecule has 0 spiro atoms. The van der Waals surface area contributed by atoms with Gasteiger partial charge < -0.3 is 16.2 Å². The van der Waals surface area contributed by atoms with Crippen molar-refractivity contribution in [1.29, 1.82) is 0 Å². The minimum atomic E-state index is -1.07. The molecular formula is C13H11N3O3. The first-order chi connectivity index (χ1) is 9.08. The minimum absolute atomic E-state index is 0.0708. The second-order valence-corrected chi connectivity index (χ2v) is 3.79. The number of nitrogens with zero attached hydrogens (tertiary/aromatic N) is 1. The molecule has 2 aromatic rings. The van der Waals surface area contributed by atoms with Gasteiger partial charge in [-0.25, -0.2) is 4.79 Å². The summed E-state index contributed by atoms with van der Waals surface area (Å²) in [6.07, 6.45) is 2.76. The van der Waals surface area contributed by atoms with Crippen molar-refractivity contribution in [3.63, 3.8) is 0 Å². The SMILES string of the molecule is NC(=O)c1ccc(Nc2ccncc2C(=O)O)cc1. The van der Waals surface area contributed by atoms with E-state index in [9.17, 15) is 9.59 Å². The maximum Gasteiger partial charge on any atom is 0.339 e. The van der Waals surface area contributed by atoms with E-state index in [4.69, 9.17) is 10.8 Å². The molecule has 0 aliphatic rings. The van der Waals surface area contributed by atoms with E-state index in [0.29, 0.717) is 16.9 Å². The van der Waals surface area contributed by atoms with Crippen molar-refractivity contribution in [2.75, 3.05) is 5.32 Å². The van der Waals surface area contributed by atoms with Crippen LogP contribution in [0.25, 0.3) is 0 Å². The van der Waals surface area contributed by atoms with Crippen molar-refractivity contribution in [2.45, 2.75) is 0 Å². The van der Waals surface area contributed by atoms with E-state index in [0.717, 1.165) is 0 Å². The number of amides is 1. The molecule has 0 saturated carbocycles. The highest BCUT2D eigenvalue weighted by Gasteiger charge is 2.09. The maximum absolute atomic E-state index is 11.0. The van der Waals surface area contributed by atoms with E-state index in [2.05, 4.69) is 10.3 Å². The highest BCUT2D eigenvalue weighted by molar-refractivity contribution is 5.95. The summed E-state index contributed by atoms with van der Waals surface area (Å²) in [5, 5.41) is 12.0. The van der Waals surface area contributed by atoms with E-state index >= 15 is 0 Å². The number of nitrogens with two attached hydrogens (primary N) is 1. The lowest BCUT2D eigenvalue weighted by Crippen LogP contribution is -2.10. The first-order valence-corrected chi connectivity index (χ1v) is 5.42. The Morgan fingerprint density at radius 1 is 1.16 bits per heavy atom. The zero-order valence-electron chi connectivity index (χ0n) is 9.83. The summed E-state index contributed by atoms with van der Waals surface area (Å²) in [4.78, 5) is 25.7. The van der Waals surface area contributed by atoms with Crippen molar-refractivity contribution >= 4 is 23.3 Å². The third kappa shape index (κ3) is 2.86. The number of primary amides is 1. The number of benzene rings is 1. The lowest BCUT2D eigenvalue weighted by atomic mass is 10.2. The van der Waals surface area contributed by atoms with Crippen molar-refractivity contribution in [1.82, 2.24) is 4.98 Å². The van der Waals surface area contributed by atoms with Gasteiger partial charge in [-0.05, 0) is 30.3 Å². The molecule has 1 amide bonds. The van der Waals surface area contributed by atoms with Crippen LogP contribution in [-0.2, 0) is 0 Å². The van der Waals surface area contributed by atoms with Crippen molar-refractivity contribution in [3.05, 3.63) is 53.9 Å². The molecule has 0 atom stereocenters. The Kier molecular flexibility index (Phi) is 3.42.